The molecule has 4 heterocycles. The minimum Gasteiger partial charge on any atom is -0.309 e. The highest BCUT2D eigenvalue weighted by Crippen LogP contribution is 2.52. The van der Waals surface area contributed by atoms with Gasteiger partial charge in [0.05, 0.1) is 44.3 Å². The molecule has 428 valence electrons. The van der Waals surface area contributed by atoms with Crippen molar-refractivity contribution in [1.29, 1.82) is 0 Å². The summed E-state index contributed by atoms with van der Waals surface area (Å²) in [5.74, 6) is 0.693. The monoisotopic (exact) mass is 1160 g/mol. The van der Waals surface area contributed by atoms with Crippen LogP contribution in [0.5, 0.6) is 0 Å². The predicted octanol–water partition coefficient (Wildman–Crippen LogP) is 22.2. The molecule has 0 amide bonds. The maximum absolute atomic E-state index is 5.28. The number of hydrogen-bond donors (Lipinski definition) is 0. The molecule has 5 heteroatoms. The molecule has 0 saturated heterocycles. The second-order valence-corrected chi connectivity index (χ2v) is 26.1. The van der Waals surface area contributed by atoms with Gasteiger partial charge in [0.25, 0.3) is 0 Å². The maximum atomic E-state index is 5.28. The average molecular weight is 1160 g/mol. The van der Waals surface area contributed by atoms with E-state index < -0.39 is 0 Å². The van der Waals surface area contributed by atoms with Gasteiger partial charge in [0.2, 0.25) is 0 Å². The first-order valence-electron chi connectivity index (χ1n) is 31.7. The van der Waals surface area contributed by atoms with Crippen LogP contribution in [-0.2, 0) is 10.8 Å². The van der Waals surface area contributed by atoms with E-state index in [0.29, 0.717) is 5.82 Å². The Morgan fingerprint density at radius 1 is 0.242 bits per heavy atom. The van der Waals surface area contributed by atoms with Gasteiger partial charge in [-0.25, -0.2) is 9.97 Å². The van der Waals surface area contributed by atoms with Crippen molar-refractivity contribution in [3.05, 3.63) is 307 Å². The molecule has 13 aromatic carbocycles. The Hall–Kier alpha value is -11.4. The summed E-state index contributed by atoms with van der Waals surface area (Å²) in [5.41, 5.74) is 29.4. The van der Waals surface area contributed by atoms with Crippen molar-refractivity contribution in [2.75, 3.05) is 0 Å². The summed E-state index contributed by atoms with van der Waals surface area (Å²) in [6.07, 6.45) is 0. The van der Waals surface area contributed by atoms with Gasteiger partial charge < -0.3 is 13.7 Å². The third-order valence-electron chi connectivity index (χ3n) is 20.5. The average Bonchev–Trinajstić information content (AvgIpc) is 1.63. The highest BCUT2D eigenvalue weighted by Gasteiger charge is 2.37. The molecule has 2 aliphatic carbocycles. The van der Waals surface area contributed by atoms with Crippen LogP contribution >= 0.6 is 0 Å². The fourth-order valence-electron chi connectivity index (χ4n) is 16.0. The van der Waals surface area contributed by atoms with Gasteiger partial charge in [-0.1, -0.05) is 222 Å². The molecule has 4 aromatic heterocycles. The number of rotatable bonds is 7. The van der Waals surface area contributed by atoms with Crippen LogP contribution in [0.3, 0.4) is 0 Å². The van der Waals surface area contributed by atoms with E-state index in [0.717, 1.165) is 66.7 Å². The van der Waals surface area contributed by atoms with Crippen molar-refractivity contribution in [2.24, 2.45) is 0 Å². The van der Waals surface area contributed by atoms with Crippen molar-refractivity contribution in [3.63, 3.8) is 0 Å². The highest BCUT2D eigenvalue weighted by molar-refractivity contribution is 6.14. The van der Waals surface area contributed by atoms with E-state index in [1.54, 1.807) is 0 Å². The molecule has 19 rings (SSSR count). The van der Waals surface area contributed by atoms with Crippen molar-refractivity contribution in [1.82, 2.24) is 23.7 Å². The standard InChI is InChI=1S/C86H59N5/c1-85(2)72-25-13-8-20-61(72)63-44-38-59(50-74(63)85)90-77-28-16-11-22-65(77)67-40-32-56(48-81(67)90)54-34-42-69-70-43-35-55(47-80(70)89(79(69)46-54)58-36-30-53(31-37-58)84-87-76-27-15-10-24-71(76)83(88-84)52-18-6-5-7-19-52)57-33-41-68-66-23-12-17-29-78(66)91(82(68)49-57)60-39-45-64-62-21-9-14-26-73(62)86(3,4)75(64)51-60/h5-51H,1-4H3. The number of benzene rings is 13. The summed E-state index contributed by atoms with van der Waals surface area (Å²) in [6.45, 7) is 9.47. The Kier molecular flexibility index (Phi) is 10.8. The third-order valence-corrected chi connectivity index (χ3v) is 20.5. The summed E-state index contributed by atoms with van der Waals surface area (Å²) < 4.78 is 7.44. The minimum atomic E-state index is -0.124. The molecule has 0 radical (unpaired) electrons. The van der Waals surface area contributed by atoms with E-state index in [1.165, 1.54) is 110 Å². The second kappa shape index (κ2) is 19.1. The number of hydrogen-bond acceptors (Lipinski definition) is 2. The molecular formula is C86H59N5. The quantitative estimate of drug-likeness (QED) is 0.160. The lowest BCUT2D eigenvalue weighted by molar-refractivity contribution is 0.660. The number of fused-ring (bicyclic) bond motifs is 16. The molecule has 0 saturated carbocycles. The Balaban J connectivity index is 0.784. The van der Waals surface area contributed by atoms with Crippen molar-refractivity contribution >= 4 is 76.3 Å². The van der Waals surface area contributed by atoms with Crippen LogP contribution in [0.15, 0.2) is 285 Å². The topological polar surface area (TPSA) is 40.6 Å². The normalized spacial score (nSPS) is 13.7. The van der Waals surface area contributed by atoms with Gasteiger partial charge in [0.15, 0.2) is 5.82 Å². The van der Waals surface area contributed by atoms with Gasteiger partial charge in [-0.3, -0.25) is 0 Å². The van der Waals surface area contributed by atoms with Crippen LogP contribution in [0.25, 0.3) is 161 Å². The zero-order valence-corrected chi connectivity index (χ0v) is 50.9. The van der Waals surface area contributed by atoms with Crippen molar-refractivity contribution in [2.45, 2.75) is 38.5 Å². The van der Waals surface area contributed by atoms with Gasteiger partial charge in [0, 0.05) is 76.7 Å². The maximum Gasteiger partial charge on any atom is 0.160 e. The Morgan fingerprint density at radius 3 is 1.09 bits per heavy atom. The van der Waals surface area contributed by atoms with Crippen LogP contribution in [0.4, 0.5) is 0 Å². The SMILES string of the molecule is CC1(C)c2ccccc2-c2ccc(-n3c4ccccc4c4ccc(-c5ccc6c7ccc(-c8ccc9c%10ccccc%10n(-c%10ccc%11c(c%10)C(C)(C)c%10ccccc%10-%11)c9c8)cc7n(-c7ccc(-c8nc(-c9ccccc9)c9ccccc9n8)cc7)c6c5)cc43)cc21. The van der Waals surface area contributed by atoms with Crippen LogP contribution in [-0.4, -0.2) is 23.7 Å². The highest BCUT2D eigenvalue weighted by atomic mass is 15.0. The van der Waals surface area contributed by atoms with E-state index in [1.807, 2.05) is 0 Å². The fourth-order valence-corrected chi connectivity index (χ4v) is 16.0. The Morgan fingerprint density at radius 2 is 0.604 bits per heavy atom. The molecular weight excluding hydrogens is 1100 g/mol. The molecule has 0 spiro atoms. The lowest BCUT2D eigenvalue weighted by Crippen LogP contribution is -2.15. The zero-order chi connectivity index (χ0) is 60.4. The lowest BCUT2D eigenvalue weighted by atomic mass is 9.82. The molecule has 5 nitrogen and oxygen atoms in total. The van der Waals surface area contributed by atoms with E-state index >= 15 is 0 Å². The summed E-state index contributed by atoms with van der Waals surface area (Å²) in [7, 11) is 0. The Bertz CT molecular complexity index is 5670. The first-order valence-corrected chi connectivity index (χ1v) is 31.7. The number of nitrogens with zero attached hydrogens (tertiary/aromatic N) is 5. The van der Waals surface area contributed by atoms with Gasteiger partial charge >= 0.3 is 0 Å². The molecule has 0 N–H and O–H groups in total. The summed E-state index contributed by atoms with van der Waals surface area (Å²) in [4.78, 5) is 10.5. The molecule has 0 unspecified atom stereocenters. The Labute approximate surface area is 527 Å². The fraction of sp³-hybridized carbons (Fsp3) is 0.0698. The van der Waals surface area contributed by atoms with Crippen LogP contribution in [0.1, 0.15) is 49.9 Å². The number of aromatic nitrogens is 5. The minimum absolute atomic E-state index is 0.124. The summed E-state index contributed by atoms with van der Waals surface area (Å²) in [5, 5.41) is 8.36. The molecule has 0 aliphatic heterocycles. The zero-order valence-electron chi connectivity index (χ0n) is 50.9. The smallest absolute Gasteiger partial charge is 0.160 e. The van der Waals surface area contributed by atoms with E-state index in [4.69, 9.17) is 9.97 Å². The van der Waals surface area contributed by atoms with Gasteiger partial charge in [-0.15, -0.1) is 0 Å². The van der Waals surface area contributed by atoms with Gasteiger partial charge in [-0.05, 0) is 158 Å². The van der Waals surface area contributed by atoms with Crippen molar-refractivity contribution < 1.29 is 0 Å². The lowest BCUT2D eigenvalue weighted by Gasteiger charge is -2.22. The number of para-hydroxylation sites is 3. The second-order valence-electron chi connectivity index (χ2n) is 26.1. The van der Waals surface area contributed by atoms with E-state index in [-0.39, 0.29) is 10.8 Å². The third kappa shape index (κ3) is 7.52. The predicted molar refractivity (Wildman–Crippen MR) is 379 cm³/mol. The molecule has 91 heavy (non-hydrogen) atoms. The molecule has 17 aromatic rings. The van der Waals surface area contributed by atoms with Crippen molar-refractivity contribution in [3.8, 4) is 84.2 Å². The first-order chi connectivity index (χ1) is 44.6. The van der Waals surface area contributed by atoms with Gasteiger partial charge in [0.1, 0.15) is 0 Å². The first kappa shape index (κ1) is 51.6. The van der Waals surface area contributed by atoms with Gasteiger partial charge in [-0.2, -0.15) is 0 Å². The molecule has 0 atom stereocenters. The molecule has 0 bridgehead atoms. The van der Waals surface area contributed by atoms with Crippen LogP contribution < -0.4 is 0 Å². The molecule has 2 aliphatic rings. The van der Waals surface area contributed by atoms with E-state index in [9.17, 15) is 0 Å². The van der Waals surface area contributed by atoms with Crippen LogP contribution in [0, 0.1) is 0 Å². The summed E-state index contributed by atoms with van der Waals surface area (Å²) >= 11 is 0. The largest absolute Gasteiger partial charge is 0.309 e. The van der Waals surface area contributed by atoms with Crippen LogP contribution in [0.2, 0.25) is 0 Å². The summed E-state index contributed by atoms with van der Waals surface area (Å²) in [6, 6.07) is 106. The molecule has 0 fully saturated rings. The van der Waals surface area contributed by atoms with E-state index in [2.05, 4.69) is 327 Å².